The molecule has 0 aliphatic carbocycles. The molecule has 0 fully saturated rings. The highest BCUT2D eigenvalue weighted by atomic mass is 32.2. The Morgan fingerprint density at radius 3 is 2.15 bits per heavy atom. The molecule has 2 nitrogen and oxygen atoms in total. The van der Waals surface area contributed by atoms with Crippen LogP contribution in [0.3, 0.4) is 0 Å². The number of alkyl halides is 3. The van der Waals surface area contributed by atoms with Gasteiger partial charge in [0.05, 0.1) is 11.3 Å². The molecular formula is C20H13F3N2S. The average Bonchev–Trinajstić information content (AvgIpc) is 3.05. The van der Waals surface area contributed by atoms with Crippen LogP contribution in [-0.2, 0) is 6.18 Å². The van der Waals surface area contributed by atoms with Crippen LogP contribution in [0.1, 0.15) is 5.56 Å². The summed E-state index contributed by atoms with van der Waals surface area (Å²) in [7, 11) is 0. The van der Waals surface area contributed by atoms with Gasteiger partial charge in [-0.3, -0.25) is 0 Å². The first kappa shape index (κ1) is 16.7. The molecule has 2 aromatic heterocycles. The third kappa shape index (κ3) is 3.46. The summed E-state index contributed by atoms with van der Waals surface area (Å²) in [6.07, 6.45) is -0.439. The normalized spacial score (nSPS) is 11.8. The highest BCUT2D eigenvalue weighted by Crippen LogP contribution is 2.33. The third-order valence-corrected chi connectivity index (χ3v) is 4.90. The summed E-state index contributed by atoms with van der Waals surface area (Å²) in [5.41, 5.74) is 2.09. The van der Waals surface area contributed by atoms with Crippen LogP contribution in [0, 0.1) is 0 Å². The lowest BCUT2D eigenvalue weighted by Gasteiger charge is -2.07. The Hall–Kier alpha value is -2.73. The maximum absolute atomic E-state index is 12.6. The number of halogens is 3. The van der Waals surface area contributed by atoms with Gasteiger partial charge in [0.25, 0.3) is 0 Å². The number of hydrogen-bond acceptors (Lipinski definition) is 2. The van der Waals surface area contributed by atoms with Gasteiger partial charge in [-0.2, -0.15) is 13.2 Å². The van der Waals surface area contributed by atoms with Crippen molar-refractivity contribution in [3.05, 3.63) is 84.7 Å². The van der Waals surface area contributed by atoms with Gasteiger partial charge in [0.15, 0.2) is 0 Å². The Balaban J connectivity index is 1.59. The quantitative estimate of drug-likeness (QED) is 0.429. The standard InChI is InChI=1S/C20H13F3N2S/c21-20(22,23)15-6-8-16(9-7-15)26-17-10-11-19-24-18(13-25(19)12-17)14-4-2-1-3-5-14/h1-13H. The molecule has 4 rings (SSSR count). The van der Waals surface area contributed by atoms with Crippen molar-refractivity contribution in [3.63, 3.8) is 0 Å². The van der Waals surface area contributed by atoms with E-state index in [2.05, 4.69) is 4.98 Å². The van der Waals surface area contributed by atoms with Gasteiger partial charge in [0, 0.05) is 27.7 Å². The SMILES string of the molecule is FC(F)(F)c1ccc(Sc2ccc3nc(-c4ccccc4)cn3c2)cc1. The summed E-state index contributed by atoms with van der Waals surface area (Å²) < 4.78 is 39.9. The van der Waals surface area contributed by atoms with Crippen molar-refractivity contribution in [2.45, 2.75) is 16.0 Å². The first-order valence-electron chi connectivity index (χ1n) is 7.88. The predicted octanol–water partition coefficient (Wildman–Crippen LogP) is 6.17. The van der Waals surface area contributed by atoms with Crippen molar-refractivity contribution in [1.29, 1.82) is 0 Å². The molecule has 2 aromatic carbocycles. The summed E-state index contributed by atoms with van der Waals surface area (Å²) in [6.45, 7) is 0. The molecule has 0 bridgehead atoms. The van der Waals surface area contributed by atoms with E-state index in [-0.39, 0.29) is 0 Å². The van der Waals surface area contributed by atoms with Crippen LogP contribution in [0.4, 0.5) is 13.2 Å². The maximum atomic E-state index is 12.6. The van der Waals surface area contributed by atoms with E-state index in [1.165, 1.54) is 23.9 Å². The molecule has 0 saturated heterocycles. The lowest BCUT2D eigenvalue weighted by atomic mass is 10.2. The Labute approximate surface area is 152 Å². The molecular weight excluding hydrogens is 357 g/mol. The van der Waals surface area contributed by atoms with Gasteiger partial charge in [-0.25, -0.2) is 4.98 Å². The largest absolute Gasteiger partial charge is 0.416 e. The molecule has 0 spiro atoms. The molecule has 26 heavy (non-hydrogen) atoms. The summed E-state index contributed by atoms with van der Waals surface area (Å²) in [5.74, 6) is 0. The zero-order chi connectivity index (χ0) is 18.1. The first-order valence-corrected chi connectivity index (χ1v) is 8.70. The van der Waals surface area contributed by atoms with Crippen LogP contribution < -0.4 is 0 Å². The van der Waals surface area contributed by atoms with Crippen molar-refractivity contribution in [1.82, 2.24) is 9.38 Å². The van der Waals surface area contributed by atoms with Gasteiger partial charge in [-0.1, -0.05) is 42.1 Å². The Bertz CT molecular complexity index is 1040. The van der Waals surface area contributed by atoms with Gasteiger partial charge >= 0.3 is 6.18 Å². The predicted molar refractivity (Wildman–Crippen MR) is 96.2 cm³/mol. The van der Waals surface area contributed by atoms with Crippen LogP contribution >= 0.6 is 11.8 Å². The first-order chi connectivity index (χ1) is 12.5. The Kier molecular flexibility index (Phi) is 4.20. The number of fused-ring (bicyclic) bond motifs is 1. The van der Waals surface area contributed by atoms with Crippen molar-refractivity contribution in [2.24, 2.45) is 0 Å². The number of benzene rings is 2. The molecule has 6 heteroatoms. The van der Waals surface area contributed by atoms with Crippen molar-refractivity contribution < 1.29 is 13.2 Å². The summed E-state index contributed by atoms with van der Waals surface area (Å²) in [6, 6.07) is 18.9. The van der Waals surface area contributed by atoms with Gasteiger partial charge in [0.2, 0.25) is 0 Å². The second-order valence-electron chi connectivity index (χ2n) is 5.75. The number of imidazole rings is 1. The minimum absolute atomic E-state index is 0.639. The van der Waals surface area contributed by atoms with Crippen molar-refractivity contribution in [2.75, 3.05) is 0 Å². The van der Waals surface area contributed by atoms with E-state index in [0.29, 0.717) is 0 Å². The molecule has 0 radical (unpaired) electrons. The topological polar surface area (TPSA) is 17.3 Å². The number of nitrogens with zero attached hydrogens (tertiary/aromatic N) is 2. The Morgan fingerprint density at radius 1 is 0.769 bits per heavy atom. The monoisotopic (exact) mass is 370 g/mol. The van der Waals surface area contributed by atoms with E-state index in [4.69, 9.17) is 0 Å². The second-order valence-corrected chi connectivity index (χ2v) is 6.89. The van der Waals surface area contributed by atoms with E-state index in [9.17, 15) is 13.2 Å². The van der Waals surface area contributed by atoms with Gasteiger partial charge in [0.1, 0.15) is 5.65 Å². The highest BCUT2D eigenvalue weighted by Gasteiger charge is 2.29. The van der Waals surface area contributed by atoms with E-state index in [0.717, 1.165) is 38.8 Å². The van der Waals surface area contributed by atoms with Crippen molar-refractivity contribution >= 4 is 17.4 Å². The van der Waals surface area contributed by atoms with E-state index in [1.807, 2.05) is 59.3 Å². The summed E-state index contributed by atoms with van der Waals surface area (Å²) >= 11 is 1.41. The van der Waals surface area contributed by atoms with Crippen LogP contribution in [0.25, 0.3) is 16.9 Å². The smallest absolute Gasteiger partial charge is 0.305 e. The van der Waals surface area contributed by atoms with Crippen LogP contribution in [0.15, 0.2) is 88.9 Å². The highest BCUT2D eigenvalue weighted by molar-refractivity contribution is 7.99. The molecule has 0 aliphatic rings. The number of hydrogen-bond donors (Lipinski definition) is 0. The van der Waals surface area contributed by atoms with Crippen LogP contribution in [0.5, 0.6) is 0 Å². The Morgan fingerprint density at radius 2 is 1.46 bits per heavy atom. The number of pyridine rings is 1. The summed E-state index contributed by atoms with van der Waals surface area (Å²) in [5, 5.41) is 0. The van der Waals surface area contributed by atoms with E-state index >= 15 is 0 Å². The molecule has 2 heterocycles. The number of aromatic nitrogens is 2. The molecule has 0 amide bonds. The molecule has 0 aliphatic heterocycles. The fourth-order valence-corrected chi connectivity index (χ4v) is 3.47. The van der Waals surface area contributed by atoms with Gasteiger partial charge in [-0.05, 0) is 36.4 Å². The maximum Gasteiger partial charge on any atom is 0.416 e. The second kappa shape index (κ2) is 6.53. The number of rotatable bonds is 3. The average molecular weight is 370 g/mol. The summed E-state index contributed by atoms with van der Waals surface area (Å²) in [4.78, 5) is 6.27. The van der Waals surface area contributed by atoms with Crippen LogP contribution in [0.2, 0.25) is 0 Å². The van der Waals surface area contributed by atoms with Gasteiger partial charge < -0.3 is 4.40 Å². The van der Waals surface area contributed by atoms with E-state index in [1.54, 1.807) is 0 Å². The minimum atomic E-state index is -4.31. The molecule has 4 aromatic rings. The fourth-order valence-electron chi connectivity index (χ4n) is 2.63. The molecule has 0 N–H and O–H groups in total. The molecule has 0 unspecified atom stereocenters. The molecule has 0 atom stereocenters. The van der Waals surface area contributed by atoms with Gasteiger partial charge in [-0.15, -0.1) is 0 Å². The third-order valence-electron chi connectivity index (χ3n) is 3.91. The van der Waals surface area contributed by atoms with E-state index < -0.39 is 11.7 Å². The zero-order valence-electron chi connectivity index (χ0n) is 13.4. The lowest BCUT2D eigenvalue weighted by molar-refractivity contribution is -0.137. The van der Waals surface area contributed by atoms with Crippen LogP contribution in [-0.4, -0.2) is 9.38 Å². The lowest BCUT2D eigenvalue weighted by Crippen LogP contribution is -2.03. The molecule has 0 saturated carbocycles. The zero-order valence-corrected chi connectivity index (χ0v) is 14.3. The fraction of sp³-hybridized carbons (Fsp3) is 0.0500. The minimum Gasteiger partial charge on any atom is -0.305 e. The van der Waals surface area contributed by atoms with Crippen molar-refractivity contribution in [3.8, 4) is 11.3 Å². The molecule has 130 valence electrons.